The van der Waals surface area contributed by atoms with Crippen molar-refractivity contribution < 1.29 is 9.53 Å². The van der Waals surface area contributed by atoms with Gasteiger partial charge in [-0.3, -0.25) is 4.79 Å². The van der Waals surface area contributed by atoms with E-state index in [0.29, 0.717) is 18.8 Å². The van der Waals surface area contributed by atoms with Crippen LogP contribution in [-0.4, -0.2) is 41.9 Å². The molecule has 1 aliphatic rings. The summed E-state index contributed by atoms with van der Waals surface area (Å²) >= 11 is 1.41. The summed E-state index contributed by atoms with van der Waals surface area (Å²) in [5, 5.41) is 0.926. The molecule has 0 spiro atoms. The first-order valence-corrected chi connectivity index (χ1v) is 6.57. The highest BCUT2D eigenvalue weighted by Crippen LogP contribution is 2.22. The quantitative estimate of drug-likeness (QED) is 0.807. The van der Waals surface area contributed by atoms with Gasteiger partial charge >= 0.3 is 0 Å². The fourth-order valence-electron chi connectivity index (χ4n) is 1.86. The molecule has 1 unspecified atom stereocenters. The molecular formula is C11H17N3O2S. The maximum atomic E-state index is 11.4. The number of ether oxygens (including phenoxy) is 1. The number of piperidine rings is 1. The van der Waals surface area contributed by atoms with E-state index < -0.39 is 0 Å². The number of ketones is 1. The van der Waals surface area contributed by atoms with Crippen LogP contribution in [0.25, 0.3) is 0 Å². The minimum atomic E-state index is 0.107. The van der Waals surface area contributed by atoms with Gasteiger partial charge in [0.2, 0.25) is 5.13 Å². The average molecular weight is 255 g/mol. The largest absolute Gasteiger partial charge is 0.384 e. The van der Waals surface area contributed by atoms with E-state index in [1.54, 1.807) is 7.11 Å². The Morgan fingerprint density at radius 3 is 3.12 bits per heavy atom. The topological polar surface area (TPSA) is 55.3 Å². The number of methoxy groups -OCH3 is 1. The van der Waals surface area contributed by atoms with Gasteiger partial charge in [0.1, 0.15) is 11.6 Å². The highest BCUT2D eigenvalue weighted by Gasteiger charge is 2.25. The van der Waals surface area contributed by atoms with E-state index in [2.05, 4.69) is 14.3 Å². The summed E-state index contributed by atoms with van der Waals surface area (Å²) in [5.74, 6) is 1.29. The van der Waals surface area contributed by atoms with E-state index in [1.165, 1.54) is 11.5 Å². The molecule has 0 N–H and O–H groups in total. The second kappa shape index (κ2) is 5.55. The third kappa shape index (κ3) is 3.01. The van der Waals surface area contributed by atoms with Gasteiger partial charge in [-0.15, -0.1) is 0 Å². The maximum absolute atomic E-state index is 11.4. The Kier molecular flexibility index (Phi) is 4.06. The molecule has 5 nitrogen and oxygen atoms in total. The summed E-state index contributed by atoms with van der Waals surface area (Å²) in [6, 6.07) is 0. The van der Waals surface area contributed by atoms with E-state index in [1.807, 2.05) is 6.92 Å². The molecule has 1 saturated heterocycles. The van der Waals surface area contributed by atoms with E-state index in [0.717, 1.165) is 30.5 Å². The highest BCUT2D eigenvalue weighted by atomic mass is 32.1. The summed E-state index contributed by atoms with van der Waals surface area (Å²) in [6.07, 6.45) is 1.36. The maximum Gasteiger partial charge on any atom is 0.205 e. The number of rotatable bonds is 4. The Morgan fingerprint density at radius 1 is 1.59 bits per heavy atom. The van der Waals surface area contributed by atoms with Gasteiger partial charge in [0.25, 0.3) is 0 Å². The van der Waals surface area contributed by atoms with Crippen molar-refractivity contribution in [2.75, 3.05) is 31.7 Å². The lowest BCUT2D eigenvalue weighted by atomic mass is 9.99. The van der Waals surface area contributed by atoms with Crippen molar-refractivity contribution >= 4 is 22.4 Å². The summed E-state index contributed by atoms with van der Waals surface area (Å²) in [7, 11) is 1.67. The SMILES string of the molecule is COCCc1nsc(N2CCC(=O)C(C)C2)n1. The molecule has 0 aliphatic carbocycles. The summed E-state index contributed by atoms with van der Waals surface area (Å²) in [6.45, 7) is 4.15. The number of hydrogen-bond donors (Lipinski definition) is 0. The van der Waals surface area contributed by atoms with Crippen molar-refractivity contribution in [3.8, 4) is 0 Å². The predicted molar refractivity (Wildman–Crippen MR) is 66.5 cm³/mol. The first-order chi connectivity index (χ1) is 8.20. The lowest BCUT2D eigenvalue weighted by Crippen LogP contribution is -2.39. The second-order valence-electron chi connectivity index (χ2n) is 4.30. The molecule has 17 heavy (non-hydrogen) atoms. The Labute approximate surface area is 105 Å². The molecule has 2 rings (SSSR count). The number of aromatic nitrogens is 2. The van der Waals surface area contributed by atoms with E-state index in [-0.39, 0.29) is 5.92 Å². The lowest BCUT2D eigenvalue weighted by Gasteiger charge is -2.29. The first kappa shape index (κ1) is 12.4. The number of hydrogen-bond acceptors (Lipinski definition) is 6. The van der Waals surface area contributed by atoms with Crippen molar-refractivity contribution in [2.45, 2.75) is 19.8 Å². The van der Waals surface area contributed by atoms with Crippen LogP contribution < -0.4 is 4.90 Å². The Bertz CT molecular complexity index is 394. The molecule has 1 aliphatic heterocycles. The highest BCUT2D eigenvalue weighted by molar-refractivity contribution is 7.09. The van der Waals surface area contributed by atoms with Crippen molar-refractivity contribution in [3.63, 3.8) is 0 Å². The normalized spacial score (nSPS) is 20.9. The zero-order valence-electron chi connectivity index (χ0n) is 10.2. The van der Waals surface area contributed by atoms with Crippen LogP contribution in [0.3, 0.4) is 0 Å². The minimum Gasteiger partial charge on any atom is -0.384 e. The van der Waals surface area contributed by atoms with E-state index in [4.69, 9.17) is 4.74 Å². The lowest BCUT2D eigenvalue weighted by molar-refractivity contribution is -0.122. The van der Waals surface area contributed by atoms with Crippen LogP contribution in [0, 0.1) is 5.92 Å². The number of carbonyl (C=O) groups is 1. The summed E-state index contributed by atoms with van der Waals surface area (Å²) < 4.78 is 9.29. The van der Waals surface area contributed by atoms with E-state index >= 15 is 0 Å². The molecule has 2 heterocycles. The minimum absolute atomic E-state index is 0.107. The van der Waals surface area contributed by atoms with Gasteiger partial charge < -0.3 is 9.64 Å². The van der Waals surface area contributed by atoms with Crippen LogP contribution in [0.5, 0.6) is 0 Å². The zero-order chi connectivity index (χ0) is 12.3. The van der Waals surface area contributed by atoms with Crippen molar-refractivity contribution in [2.24, 2.45) is 5.92 Å². The van der Waals surface area contributed by atoms with Crippen molar-refractivity contribution in [3.05, 3.63) is 5.82 Å². The van der Waals surface area contributed by atoms with Gasteiger partial charge in [-0.25, -0.2) is 4.98 Å². The Hall–Kier alpha value is -1.01. The smallest absolute Gasteiger partial charge is 0.205 e. The number of nitrogens with zero attached hydrogens (tertiary/aromatic N) is 3. The number of Topliss-reactive ketones (excluding diaryl/α,β-unsaturated/α-hetero) is 1. The van der Waals surface area contributed by atoms with Gasteiger partial charge in [0, 0.05) is 50.5 Å². The van der Waals surface area contributed by atoms with Gasteiger partial charge in [0.05, 0.1) is 6.61 Å². The fourth-order valence-corrected chi connectivity index (χ4v) is 2.60. The molecule has 6 heteroatoms. The molecule has 94 valence electrons. The molecule has 0 aromatic carbocycles. The van der Waals surface area contributed by atoms with Gasteiger partial charge in [-0.1, -0.05) is 6.92 Å². The molecule has 1 fully saturated rings. The van der Waals surface area contributed by atoms with E-state index in [9.17, 15) is 4.79 Å². The standard InChI is InChI=1S/C11H17N3O2S/c1-8-7-14(5-3-9(8)15)11-12-10(13-17-11)4-6-16-2/h8H,3-7H2,1-2H3. The number of carbonyl (C=O) groups excluding carboxylic acids is 1. The molecule has 1 aromatic heterocycles. The molecular weight excluding hydrogens is 238 g/mol. The fraction of sp³-hybridized carbons (Fsp3) is 0.727. The average Bonchev–Trinajstić information content (AvgIpc) is 2.79. The first-order valence-electron chi connectivity index (χ1n) is 5.80. The van der Waals surface area contributed by atoms with Gasteiger partial charge in [-0.05, 0) is 0 Å². The molecule has 0 amide bonds. The van der Waals surface area contributed by atoms with Crippen LogP contribution in [0.2, 0.25) is 0 Å². The number of anilines is 1. The Morgan fingerprint density at radius 2 is 2.41 bits per heavy atom. The molecule has 1 aromatic rings. The summed E-state index contributed by atoms with van der Waals surface area (Å²) in [4.78, 5) is 18.1. The third-order valence-electron chi connectivity index (χ3n) is 2.93. The van der Waals surface area contributed by atoms with Crippen LogP contribution in [-0.2, 0) is 16.0 Å². The van der Waals surface area contributed by atoms with Crippen molar-refractivity contribution in [1.29, 1.82) is 0 Å². The van der Waals surface area contributed by atoms with Crippen LogP contribution in [0.4, 0.5) is 5.13 Å². The van der Waals surface area contributed by atoms with Crippen molar-refractivity contribution in [1.82, 2.24) is 9.36 Å². The molecule has 0 radical (unpaired) electrons. The Balaban J connectivity index is 1.97. The van der Waals surface area contributed by atoms with Crippen LogP contribution in [0.1, 0.15) is 19.2 Å². The van der Waals surface area contributed by atoms with Crippen LogP contribution >= 0.6 is 11.5 Å². The molecule has 0 bridgehead atoms. The predicted octanol–water partition coefficient (Wildman–Crippen LogP) is 1.14. The van der Waals surface area contributed by atoms with Gasteiger partial charge in [-0.2, -0.15) is 4.37 Å². The molecule has 1 atom stereocenters. The second-order valence-corrected chi connectivity index (χ2v) is 5.03. The molecule has 0 saturated carbocycles. The van der Waals surface area contributed by atoms with Crippen LogP contribution in [0.15, 0.2) is 0 Å². The third-order valence-corrected chi connectivity index (χ3v) is 3.74. The van der Waals surface area contributed by atoms with Gasteiger partial charge in [0.15, 0.2) is 0 Å². The summed E-state index contributed by atoms with van der Waals surface area (Å²) in [5.41, 5.74) is 0. The zero-order valence-corrected chi connectivity index (χ0v) is 11.0. The monoisotopic (exact) mass is 255 g/mol.